The second-order valence-electron chi connectivity index (χ2n) is 3.02. The van der Waals surface area contributed by atoms with Gasteiger partial charge in [0, 0.05) is 0 Å². The summed E-state index contributed by atoms with van der Waals surface area (Å²) in [5, 5.41) is 18.5. The summed E-state index contributed by atoms with van der Waals surface area (Å²) >= 11 is 0. The van der Waals surface area contributed by atoms with E-state index in [0.717, 1.165) is 11.1 Å². The van der Waals surface area contributed by atoms with Gasteiger partial charge in [-0.25, -0.2) is 0 Å². The van der Waals surface area contributed by atoms with Crippen molar-refractivity contribution in [3.05, 3.63) is 35.4 Å². The predicted molar refractivity (Wildman–Crippen MR) is 47.7 cm³/mol. The van der Waals surface area contributed by atoms with Gasteiger partial charge in [-0.2, -0.15) is 0 Å². The van der Waals surface area contributed by atoms with Crippen LogP contribution in [0.3, 0.4) is 0 Å². The Hall–Kier alpha value is -0.860. The molecule has 0 aromatic heterocycles. The molecule has 0 aliphatic heterocycles. The zero-order valence-corrected chi connectivity index (χ0v) is 7.36. The minimum Gasteiger partial charge on any atom is -0.389 e. The third kappa shape index (κ3) is 2.06. The molecule has 1 aromatic carbocycles. The fourth-order valence-corrected chi connectivity index (χ4v) is 1.08. The second kappa shape index (κ2) is 3.70. The Kier molecular flexibility index (Phi) is 2.84. The Bertz CT molecular complexity index is 231. The van der Waals surface area contributed by atoms with Crippen LogP contribution in [0.1, 0.15) is 37.2 Å². The molecule has 2 nitrogen and oxygen atoms in total. The van der Waals surface area contributed by atoms with Crippen molar-refractivity contribution < 1.29 is 10.2 Å². The highest BCUT2D eigenvalue weighted by Gasteiger charge is 2.04. The maximum absolute atomic E-state index is 9.25. The number of hydrogen-bond donors (Lipinski definition) is 2. The fourth-order valence-electron chi connectivity index (χ4n) is 1.08. The molecule has 2 heteroatoms. The van der Waals surface area contributed by atoms with Crippen LogP contribution < -0.4 is 0 Å². The van der Waals surface area contributed by atoms with E-state index >= 15 is 0 Å². The van der Waals surface area contributed by atoms with Gasteiger partial charge in [-0.05, 0) is 25.0 Å². The van der Waals surface area contributed by atoms with Crippen LogP contribution in [0.2, 0.25) is 0 Å². The van der Waals surface area contributed by atoms with E-state index in [2.05, 4.69) is 0 Å². The summed E-state index contributed by atoms with van der Waals surface area (Å²) in [5.74, 6) is 0. The van der Waals surface area contributed by atoms with E-state index < -0.39 is 12.2 Å². The van der Waals surface area contributed by atoms with Gasteiger partial charge in [-0.3, -0.25) is 0 Å². The molecule has 0 spiro atoms. The van der Waals surface area contributed by atoms with Gasteiger partial charge in [-0.1, -0.05) is 24.3 Å². The van der Waals surface area contributed by atoms with E-state index in [1.165, 1.54) is 0 Å². The highest BCUT2D eigenvalue weighted by Crippen LogP contribution is 2.17. The molecule has 0 fully saturated rings. The van der Waals surface area contributed by atoms with Crippen molar-refractivity contribution >= 4 is 0 Å². The van der Waals surface area contributed by atoms with Crippen molar-refractivity contribution in [3.63, 3.8) is 0 Å². The molecular weight excluding hydrogens is 152 g/mol. The van der Waals surface area contributed by atoms with Gasteiger partial charge in [0.05, 0.1) is 12.2 Å². The van der Waals surface area contributed by atoms with Gasteiger partial charge in [-0.15, -0.1) is 0 Å². The average Bonchev–Trinajstić information content (AvgIpc) is 2.04. The van der Waals surface area contributed by atoms with Crippen LogP contribution >= 0.6 is 0 Å². The Balaban J connectivity index is 2.96. The highest BCUT2D eigenvalue weighted by molar-refractivity contribution is 5.25. The normalized spacial score (nSPS) is 15.7. The van der Waals surface area contributed by atoms with Crippen LogP contribution in [0.25, 0.3) is 0 Å². The monoisotopic (exact) mass is 166 g/mol. The van der Waals surface area contributed by atoms with Crippen molar-refractivity contribution in [1.82, 2.24) is 0 Å². The van der Waals surface area contributed by atoms with E-state index in [1.807, 2.05) is 24.3 Å². The standard InChI is InChI=1S/C10H14O2/c1-7(11)9-4-3-5-10(6-9)8(2)12/h3-8,11-12H,1-2H3. The lowest BCUT2D eigenvalue weighted by molar-refractivity contribution is 0.192. The van der Waals surface area contributed by atoms with E-state index in [4.69, 9.17) is 0 Å². The highest BCUT2D eigenvalue weighted by atomic mass is 16.3. The number of aliphatic hydroxyl groups is 2. The van der Waals surface area contributed by atoms with Gasteiger partial charge in [0.1, 0.15) is 0 Å². The Morgan fingerprint density at radius 3 is 1.75 bits per heavy atom. The molecular formula is C10H14O2. The molecule has 2 unspecified atom stereocenters. The van der Waals surface area contributed by atoms with Crippen LogP contribution in [-0.2, 0) is 0 Å². The lowest BCUT2D eigenvalue weighted by atomic mass is 10.0. The zero-order chi connectivity index (χ0) is 9.14. The molecule has 1 rings (SSSR count). The Morgan fingerprint density at radius 2 is 1.42 bits per heavy atom. The van der Waals surface area contributed by atoms with Gasteiger partial charge in [0.15, 0.2) is 0 Å². The summed E-state index contributed by atoms with van der Waals surface area (Å²) in [6.45, 7) is 3.42. The molecule has 2 N–H and O–H groups in total. The summed E-state index contributed by atoms with van der Waals surface area (Å²) in [5.41, 5.74) is 1.68. The average molecular weight is 166 g/mol. The van der Waals surface area contributed by atoms with E-state index in [0.29, 0.717) is 0 Å². The summed E-state index contributed by atoms with van der Waals surface area (Å²) in [6.07, 6.45) is -0.938. The molecule has 0 heterocycles. The maximum atomic E-state index is 9.25. The lowest BCUT2D eigenvalue weighted by Gasteiger charge is -2.08. The quantitative estimate of drug-likeness (QED) is 0.703. The van der Waals surface area contributed by atoms with Crippen LogP contribution in [0.4, 0.5) is 0 Å². The van der Waals surface area contributed by atoms with E-state index in [1.54, 1.807) is 13.8 Å². The summed E-state index contributed by atoms with van der Waals surface area (Å²) in [4.78, 5) is 0. The SMILES string of the molecule is CC(O)c1cccc(C(C)O)c1. The smallest absolute Gasteiger partial charge is 0.0762 e. The first kappa shape index (κ1) is 9.23. The number of benzene rings is 1. The largest absolute Gasteiger partial charge is 0.389 e. The molecule has 2 atom stereocenters. The van der Waals surface area contributed by atoms with Gasteiger partial charge >= 0.3 is 0 Å². The Morgan fingerprint density at radius 1 is 1.00 bits per heavy atom. The summed E-state index contributed by atoms with van der Waals surface area (Å²) < 4.78 is 0. The third-order valence-corrected chi connectivity index (χ3v) is 1.88. The van der Waals surface area contributed by atoms with E-state index in [-0.39, 0.29) is 0 Å². The van der Waals surface area contributed by atoms with Crippen LogP contribution in [0.5, 0.6) is 0 Å². The predicted octanol–water partition coefficient (Wildman–Crippen LogP) is 1.79. The molecule has 0 saturated carbocycles. The van der Waals surface area contributed by atoms with Crippen molar-refractivity contribution in [2.75, 3.05) is 0 Å². The summed E-state index contributed by atoms with van der Waals surface area (Å²) in [7, 11) is 0. The molecule has 0 amide bonds. The van der Waals surface area contributed by atoms with Gasteiger partial charge < -0.3 is 10.2 Å². The first-order valence-electron chi connectivity index (χ1n) is 4.07. The molecule has 0 saturated heterocycles. The minimum absolute atomic E-state index is 0.469. The molecule has 0 bridgehead atoms. The van der Waals surface area contributed by atoms with Crippen LogP contribution in [-0.4, -0.2) is 10.2 Å². The molecule has 1 aromatic rings. The second-order valence-corrected chi connectivity index (χ2v) is 3.02. The van der Waals surface area contributed by atoms with Crippen molar-refractivity contribution in [3.8, 4) is 0 Å². The fraction of sp³-hybridized carbons (Fsp3) is 0.400. The maximum Gasteiger partial charge on any atom is 0.0762 e. The molecule has 0 aliphatic rings. The first-order chi connectivity index (χ1) is 5.61. The topological polar surface area (TPSA) is 40.5 Å². The molecule has 66 valence electrons. The summed E-state index contributed by atoms with van der Waals surface area (Å²) in [6, 6.07) is 7.34. The van der Waals surface area contributed by atoms with Gasteiger partial charge in [0.25, 0.3) is 0 Å². The molecule has 0 aliphatic carbocycles. The van der Waals surface area contributed by atoms with Crippen molar-refractivity contribution in [1.29, 1.82) is 0 Å². The van der Waals surface area contributed by atoms with Crippen LogP contribution in [0, 0.1) is 0 Å². The first-order valence-corrected chi connectivity index (χ1v) is 4.07. The number of rotatable bonds is 2. The number of aliphatic hydroxyl groups excluding tert-OH is 2. The number of hydrogen-bond acceptors (Lipinski definition) is 2. The molecule has 0 radical (unpaired) electrons. The van der Waals surface area contributed by atoms with Gasteiger partial charge in [0.2, 0.25) is 0 Å². The van der Waals surface area contributed by atoms with Crippen LogP contribution in [0.15, 0.2) is 24.3 Å². The van der Waals surface area contributed by atoms with Crippen molar-refractivity contribution in [2.24, 2.45) is 0 Å². The zero-order valence-electron chi connectivity index (χ0n) is 7.36. The third-order valence-electron chi connectivity index (χ3n) is 1.88. The lowest BCUT2D eigenvalue weighted by Crippen LogP contribution is -1.95. The Labute approximate surface area is 72.5 Å². The van der Waals surface area contributed by atoms with Crippen molar-refractivity contribution in [2.45, 2.75) is 26.1 Å². The molecule has 12 heavy (non-hydrogen) atoms. The minimum atomic E-state index is -0.469. The van der Waals surface area contributed by atoms with E-state index in [9.17, 15) is 10.2 Å².